The molecular weight excluding hydrogens is 156 g/mol. The lowest BCUT2D eigenvalue weighted by molar-refractivity contribution is 0.645. The molecule has 1 aromatic carbocycles. The van der Waals surface area contributed by atoms with Gasteiger partial charge in [-0.15, -0.1) is 0 Å². The summed E-state index contributed by atoms with van der Waals surface area (Å²) in [5.41, 5.74) is 4.25. The van der Waals surface area contributed by atoms with Crippen molar-refractivity contribution >= 4 is 5.57 Å². The van der Waals surface area contributed by atoms with Crippen molar-refractivity contribution in [2.45, 2.75) is 19.8 Å². The molecule has 2 rings (SSSR count). The van der Waals surface area contributed by atoms with Gasteiger partial charge in [0.2, 0.25) is 0 Å². The Morgan fingerprint density at radius 2 is 2.00 bits per heavy atom. The predicted octanol–water partition coefficient (Wildman–Crippen LogP) is 3.66. The van der Waals surface area contributed by atoms with E-state index in [-0.39, 0.29) is 0 Å². The second kappa shape index (κ2) is 3.02. The minimum Gasteiger partial charge on any atom is -0.0732 e. The van der Waals surface area contributed by atoms with Gasteiger partial charge in [0.05, 0.1) is 0 Å². The van der Waals surface area contributed by atoms with Gasteiger partial charge in [-0.3, -0.25) is 0 Å². The van der Waals surface area contributed by atoms with E-state index in [9.17, 15) is 0 Å². The third-order valence-electron chi connectivity index (χ3n) is 2.79. The molecule has 2 unspecified atom stereocenters. The fourth-order valence-corrected chi connectivity index (χ4v) is 2.07. The Hall–Kier alpha value is -1.04. The zero-order chi connectivity index (χ0) is 9.42. The molecule has 1 aliphatic carbocycles. The number of hydrogen-bond acceptors (Lipinski definition) is 0. The summed E-state index contributed by atoms with van der Waals surface area (Å²) in [7, 11) is 0. The van der Waals surface area contributed by atoms with E-state index in [1.807, 2.05) is 0 Å². The number of fused-ring (bicyclic) bond motifs is 1. The Morgan fingerprint density at radius 1 is 1.31 bits per heavy atom. The molecule has 0 aromatic heterocycles. The monoisotopic (exact) mass is 171 g/mol. The molecule has 0 saturated heterocycles. The van der Waals surface area contributed by atoms with Gasteiger partial charge < -0.3 is 0 Å². The molecule has 0 N–H and O–H groups in total. The maximum absolute atomic E-state index is 4.11. The van der Waals surface area contributed by atoms with E-state index in [2.05, 4.69) is 51.1 Å². The van der Waals surface area contributed by atoms with Gasteiger partial charge in [-0.1, -0.05) is 37.3 Å². The van der Waals surface area contributed by atoms with Crippen LogP contribution in [-0.4, -0.2) is 0 Å². The molecule has 67 valence electrons. The highest BCUT2D eigenvalue weighted by atomic mass is 14.3. The van der Waals surface area contributed by atoms with Crippen LogP contribution in [0.15, 0.2) is 30.3 Å². The first kappa shape index (κ1) is 8.55. The number of hydrogen-bond donors (Lipinski definition) is 0. The van der Waals surface area contributed by atoms with Crippen LogP contribution in [0.4, 0.5) is 0 Å². The molecule has 1 radical (unpaired) electrons. The van der Waals surface area contributed by atoms with Crippen LogP contribution < -0.4 is 0 Å². The van der Waals surface area contributed by atoms with E-state index < -0.39 is 0 Å². The number of allylic oxidation sites excluding steroid dienone is 2. The Labute approximate surface area is 80.3 Å². The average Bonchev–Trinajstić information content (AvgIpc) is 2.45. The van der Waals surface area contributed by atoms with Crippen molar-refractivity contribution in [1.29, 1.82) is 0 Å². The number of benzene rings is 1. The Kier molecular flexibility index (Phi) is 1.99. The lowest BCUT2D eigenvalue weighted by Gasteiger charge is -2.13. The Balaban J connectivity index is 2.50. The fourth-order valence-electron chi connectivity index (χ4n) is 2.07. The van der Waals surface area contributed by atoms with Crippen LogP contribution in [0, 0.1) is 12.8 Å². The third-order valence-corrected chi connectivity index (χ3v) is 2.79. The van der Waals surface area contributed by atoms with Crippen LogP contribution >= 0.6 is 0 Å². The van der Waals surface area contributed by atoms with Crippen LogP contribution in [0.1, 0.15) is 30.9 Å². The first-order valence-electron chi connectivity index (χ1n) is 4.81. The van der Waals surface area contributed by atoms with Crippen molar-refractivity contribution in [3.8, 4) is 0 Å². The summed E-state index contributed by atoms with van der Waals surface area (Å²) >= 11 is 0. The summed E-state index contributed by atoms with van der Waals surface area (Å²) in [6.45, 7) is 8.47. The molecule has 13 heavy (non-hydrogen) atoms. The minimum absolute atomic E-state index is 0.457. The second-order valence-electron chi connectivity index (χ2n) is 3.94. The molecule has 0 nitrogen and oxygen atoms in total. The highest BCUT2D eigenvalue weighted by Gasteiger charge is 2.22. The molecule has 2 atom stereocenters. The van der Waals surface area contributed by atoms with E-state index >= 15 is 0 Å². The fraction of sp³-hybridized carbons (Fsp3) is 0.308. The molecule has 0 spiro atoms. The van der Waals surface area contributed by atoms with Gasteiger partial charge in [-0.05, 0) is 36.5 Å². The summed E-state index contributed by atoms with van der Waals surface area (Å²) < 4.78 is 0. The third kappa shape index (κ3) is 1.31. The van der Waals surface area contributed by atoms with Gasteiger partial charge in [0.25, 0.3) is 0 Å². The van der Waals surface area contributed by atoms with E-state index in [0.29, 0.717) is 11.8 Å². The maximum Gasteiger partial charge on any atom is 0.00555 e. The Morgan fingerprint density at radius 3 is 2.69 bits per heavy atom. The zero-order valence-corrected chi connectivity index (χ0v) is 8.25. The van der Waals surface area contributed by atoms with Crippen LogP contribution in [0.3, 0.4) is 0 Å². The largest absolute Gasteiger partial charge is 0.0732 e. The van der Waals surface area contributed by atoms with E-state index in [1.54, 1.807) is 0 Å². The van der Waals surface area contributed by atoms with Gasteiger partial charge >= 0.3 is 0 Å². The van der Waals surface area contributed by atoms with Crippen LogP contribution in [0.5, 0.6) is 0 Å². The first-order valence-corrected chi connectivity index (χ1v) is 4.81. The van der Waals surface area contributed by atoms with Crippen molar-refractivity contribution in [2.24, 2.45) is 5.92 Å². The lowest BCUT2D eigenvalue weighted by atomic mass is 9.90. The summed E-state index contributed by atoms with van der Waals surface area (Å²) in [6, 6.07) is 8.63. The maximum atomic E-state index is 4.11. The topological polar surface area (TPSA) is 0 Å². The Bertz CT molecular complexity index is 345. The second-order valence-corrected chi connectivity index (χ2v) is 3.94. The van der Waals surface area contributed by atoms with Gasteiger partial charge in [0.15, 0.2) is 0 Å². The van der Waals surface area contributed by atoms with Crippen LogP contribution in [0.25, 0.3) is 5.57 Å². The van der Waals surface area contributed by atoms with Crippen molar-refractivity contribution in [2.75, 3.05) is 0 Å². The summed E-state index contributed by atoms with van der Waals surface area (Å²) in [6.07, 6.45) is 2.34. The van der Waals surface area contributed by atoms with Gasteiger partial charge in [-0.25, -0.2) is 0 Å². The predicted molar refractivity (Wildman–Crippen MR) is 57.4 cm³/mol. The van der Waals surface area contributed by atoms with Gasteiger partial charge in [-0.2, -0.15) is 0 Å². The van der Waals surface area contributed by atoms with Crippen molar-refractivity contribution in [1.82, 2.24) is 0 Å². The molecule has 0 aliphatic heterocycles. The molecule has 0 saturated carbocycles. The number of rotatable bonds is 1. The molecular formula is C13H15. The van der Waals surface area contributed by atoms with Crippen molar-refractivity contribution in [3.63, 3.8) is 0 Å². The first-order chi connectivity index (χ1) is 6.20. The normalized spacial score (nSPS) is 20.3. The van der Waals surface area contributed by atoms with E-state index in [4.69, 9.17) is 0 Å². The van der Waals surface area contributed by atoms with Crippen LogP contribution in [-0.2, 0) is 0 Å². The van der Waals surface area contributed by atoms with E-state index in [1.165, 1.54) is 16.7 Å². The van der Waals surface area contributed by atoms with Crippen LogP contribution in [0.2, 0.25) is 0 Å². The van der Waals surface area contributed by atoms with Gasteiger partial charge in [0, 0.05) is 5.92 Å². The smallest absolute Gasteiger partial charge is 0.00555 e. The van der Waals surface area contributed by atoms with E-state index in [0.717, 1.165) is 0 Å². The molecule has 1 aromatic rings. The minimum atomic E-state index is 0.457. The molecule has 0 heterocycles. The van der Waals surface area contributed by atoms with Crippen molar-refractivity contribution in [3.05, 3.63) is 48.4 Å². The highest BCUT2D eigenvalue weighted by molar-refractivity contribution is 5.73. The molecule has 0 bridgehead atoms. The summed E-state index contributed by atoms with van der Waals surface area (Å²) in [5, 5.41) is 0. The highest BCUT2D eigenvalue weighted by Crippen LogP contribution is 2.39. The zero-order valence-electron chi connectivity index (χ0n) is 8.25. The summed E-state index contributed by atoms with van der Waals surface area (Å²) in [5.74, 6) is 0.981. The standard InChI is InChI=1S/C13H15/c1-9(2)13-8-10(3)11-6-4-5-7-12(11)13/h4-9,13H,1H2,2-3H3. The van der Waals surface area contributed by atoms with Gasteiger partial charge in [0.1, 0.15) is 0 Å². The lowest BCUT2D eigenvalue weighted by Crippen LogP contribution is -2.01. The van der Waals surface area contributed by atoms with Crippen molar-refractivity contribution < 1.29 is 0 Å². The molecule has 0 fully saturated rings. The summed E-state index contributed by atoms with van der Waals surface area (Å²) in [4.78, 5) is 0. The molecule has 1 aliphatic rings. The molecule has 0 heteroatoms. The average molecular weight is 171 g/mol. The SMILES string of the molecule is [CH2]C(C)C1C=C(C)c2ccccc21. The molecule has 0 amide bonds. The quantitative estimate of drug-likeness (QED) is 0.605.